The second kappa shape index (κ2) is 7.96. The Morgan fingerprint density at radius 3 is 2.22 bits per heavy atom. The molecule has 3 aromatic rings. The molecule has 1 N–H and O–H groups in total. The number of hydrogen-bond donors (Lipinski definition) is 1. The van der Waals surface area contributed by atoms with Crippen molar-refractivity contribution < 1.29 is 18.3 Å². The second-order valence-corrected chi connectivity index (χ2v) is 8.20. The standard InChI is InChI=1S/C23H22F3N5O/c24-23(25,26)18-5-1-17(2-6-18)22-28-27-20-9-10-21(29-31(20)22)30-13-11-16(12-14-30)15-3-7-19(32)8-4-15/h1-8,16,32H,9-14H2. The van der Waals surface area contributed by atoms with E-state index < -0.39 is 11.7 Å². The number of fused-ring (bicyclic) bond motifs is 1. The first-order valence-electron chi connectivity index (χ1n) is 10.6. The minimum atomic E-state index is -4.37. The predicted molar refractivity (Wildman–Crippen MR) is 113 cm³/mol. The van der Waals surface area contributed by atoms with Gasteiger partial charge in [0.1, 0.15) is 11.6 Å². The van der Waals surface area contributed by atoms with Gasteiger partial charge in [-0.25, -0.2) is 0 Å². The summed E-state index contributed by atoms with van der Waals surface area (Å²) < 4.78 is 40.3. The minimum Gasteiger partial charge on any atom is -0.508 e. The highest BCUT2D eigenvalue weighted by Gasteiger charge is 2.31. The third-order valence-electron chi connectivity index (χ3n) is 6.19. The molecule has 6 nitrogen and oxygen atoms in total. The first-order valence-corrected chi connectivity index (χ1v) is 10.6. The normalized spacial score (nSPS) is 17.2. The number of piperidine rings is 1. The number of amidine groups is 1. The smallest absolute Gasteiger partial charge is 0.416 e. The number of aryl methyl sites for hydroxylation is 1. The Labute approximate surface area is 183 Å². The Hall–Kier alpha value is -3.36. The maximum atomic E-state index is 12.9. The van der Waals surface area contributed by atoms with Gasteiger partial charge >= 0.3 is 6.18 Å². The van der Waals surface area contributed by atoms with E-state index >= 15 is 0 Å². The molecule has 0 atom stereocenters. The summed E-state index contributed by atoms with van der Waals surface area (Å²) in [5.74, 6) is 2.84. The molecule has 1 aromatic heterocycles. The molecular weight excluding hydrogens is 419 g/mol. The number of rotatable bonds is 2. The number of benzene rings is 2. The number of alkyl halides is 3. The van der Waals surface area contributed by atoms with Crippen LogP contribution in [0.3, 0.4) is 0 Å². The van der Waals surface area contributed by atoms with Gasteiger partial charge in [-0.1, -0.05) is 24.3 Å². The fourth-order valence-corrected chi connectivity index (χ4v) is 4.39. The SMILES string of the molecule is Oc1ccc(C2CCN(C3=Nn4c(nnc4-c4ccc(C(F)(F)F)cc4)CC3)CC2)cc1. The van der Waals surface area contributed by atoms with E-state index in [2.05, 4.69) is 15.1 Å². The molecule has 2 aliphatic rings. The van der Waals surface area contributed by atoms with E-state index in [4.69, 9.17) is 5.10 Å². The van der Waals surface area contributed by atoms with Crippen molar-refractivity contribution in [3.8, 4) is 17.1 Å². The summed E-state index contributed by atoms with van der Waals surface area (Å²) in [6, 6.07) is 12.3. The lowest BCUT2D eigenvalue weighted by atomic mass is 9.89. The zero-order chi connectivity index (χ0) is 22.3. The molecule has 0 radical (unpaired) electrons. The molecule has 0 aliphatic carbocycles. The first-order chi connectivity index (χ1) is 15.4. The number of phenolic OH excluding ortho intramolecular Hbond substituents is 1. The monoisotopic (exact) mass is 441 g/mol. The van der Waals surface area contributed by atoms with Crippen LogP contribution < -0.4 is 0 Å². The number of phenols is 1. The summed E-state index contributed by atoms with van der Waals surface area (Å²) in [6.07, 6.45) is -0.949. The number of aromatic hydroxyl groups is 1. The van der Waals surface area contributed by atoms with Crippen molar-refractivity contribution in [1.82, 2.24) is 19.8 Å². The van der Waals surface area contributed by atoms with Gasteiger partial charge in [-0.2, -0.15) is 22.9 Å². The minimum absolute atomic E-state index is 0.274. The van der Waals surface area contributed by atoms with Crippen molar-refractivity contribution >= 4 is 5.84 Å². The molecule has 0 amide bonds. The van der Waals surface area contributed by atoms with E-state index in [1.165, 1.54) is 17.7 Å². The molecule has 1 fully saturated rings. The molecule has 1 saturated heterocycles. The zero-order valence-corrected chi connectivity index (χ0v) is 17.3. The topological polar surface area (TPSA) is 66.5 Å². The second-order valence-electron chi connectivity index (χ2n) is 8.20. The fraction of sp³-hybridized carbons (Fsp3) is 0.348. The summed E-state index contributed by atoms with van der Waals surface area (Å²) in [7, 11) is 0. The van der Waals surface area contributed by atoms with E-state index in [1.807, 2.05) is 12.1 Å². The van der Waals surface area contributed by atoms with Crippen LogP contribution in [0.2, 0.25) is 0 Å². The molecule has 0 bridgehead atoms. The van der Waals surface area contributed by atoms with Crippen LogP contribution in [0.4, 0.5) is 13.2 Å². The predicted octanol–water partition coefficient (Wildman–Crippen LogP) is 4.66. The Bertz CT molecular complexity index is 1130. The van der Waals surface area contributed by atoms with Crippen molar-refractivity contribution in [1.29, 1.82) is 0 Å². The summed E-state index contributed by atoms with van der Waals surface area (Å²) in [4.78, 5) is 2.27. The van der Waals surface area contributed by atoms with Gasteiger partial charge in [0.15, 0.2) is 11.6 Å². The largest absolute Gasteiger partial charge is 0.508 e. The summed E-state index contributed by atoms with van der Waals surface area (Å²) in [5.41, 5.74) is 1.09. The summed E-state index contributed by atoms with van der Waals surface area (Å²) in [6.45, 7) is 1.74. The molecule has 2 aliphatic heterocycles. The summed E-state index contributed by atoms with van der Waals surface area (Å²) in [5, 5.41) is 22.6. The number of halogens is 3. The molecule has 0 spiro atoms. The van der Waals surface area contributed by atoms with Gasteiger partial charge in [-0.15, -0.1) is 10.2 Å². The Balaban J connectivity index is 1.33. The average Bonchev–Trinajstić information content (AvgIpc) is 3.22. The lowest BCUT2D eigenvalue weighted by Gasteiger charge is -2.35. The van der Waals surface area contributed by atoms with Crippen LogP contribution in [0.15, 0.2) is 53.6 Å². The van der Waals surface area contributed by atoms with E-state index in [9.17, 15) is 18.3 Å². The van der Waals surface area contributed by atoms with E-state index in [0.717, 1.165) is 50.3 Å². The van der Waals surface area contributed by atoms with Gasteiger partial charge in [0.2, 0.25) is 0 Å². The highest BCUT2D eigenvalue weighted by molar-refractivity contribution is 5.83. The van der Waals surface area contributed by atoms with Crippen LogP contribution >= 0.6 is 0 Å². The maximum absolute atomic E-state index is 12.9. The lowest BCUT2D eigenvalue weighted by molar-refractivity contribution is -0.137. The molecule has 3 heterocycles. The van der Waals surface area contributed by atoms with E-state index in [-0.39, 0.29) is 5.75 Å². The van der Waals surface area contributed by atoms with E-state index in [0.29, 0.717) is 29.6 Å². The van der Waals surface area contributed by atoms with Gasteiger partial charge in [-0.3, -0.25) is 0 Å². The third kappa shape index (κ3) is 3.94. The average molecular weight is 441 g/mol. The zero-order valence-electron chi connectivity index (χ0n) is 17.3. The summed E-state index contributed by atoms with van der Waals surface area (Å²) >= 11 is 0. The lowest BCUT2D eigenvalue weighted by Crippen LogP contribution is -2.39. The molecule has 2 aromatic carbocycles. The molecule has 0 unspecified atom stereocenters. The molecule has 5 rings (SSSR count). The van der Waals surface area contributed by atoms with Crippen molar-refractivity contribution in [2.45, 2.75) is 37.8 Å². The third-order valence-corrected chi connectivity index (χ3v) is 6.19. The van der Waals surface area contributed by atoms with Crippen LogP contribution in [0.25, 0.3) is 11.4 Å². The van der Waals surface area contributed by atoms with Crippen LogP contribution in [0.1, 0.15) is 42.1 Å². The highest BCUT2D eigenvalue weighted by Crippen LogP contribution is 2.32. The van der Waals surface area contributed by atoms with Gasteiger partial charge < -0.3 is 10.0 Å². The van der Waals surface area contributed by atoms with Gasteiger partial charge in [0.05, 0.1) is 5.56 Å². The Morgan fingerprint density at radius 1 is 0.875 bits per heavy atom. The highest BCUT2D eigenvalue weighted by atomic mass is 19.4. The van der Waals surface area contributed by atoms with Crippen molar-refractivity contribution in [3.63, 3.8) is 0 Å². The molecule has 166 valence electrons. The number of likely N-dealkylation sites (tertiary alicyclic amines) is 1. The van der Waals surface area contributed by atoms with Crippen molar-refractivity contribution in [3.05, 3.63) is 65.5 Å². The van der Waals surface area contributed by atoms with E-state index in [1.54, 1.807) is 16.8 Å². The quantitative estimate of drug-likeness (QED) is 0.628. The van der Waals surface area contributed by atoms with Gasteiger partial charge in [0, 0.05) is 31.5 Å². The van der Waals surface area contributed by atoms with Crippen LogP contribution in [0.5, 0.6) is 5.75 Å². The van der Waals surface area contributed by atoms with Gasteiger partial charge in [0.25, 0.3) is 0 Å². The number of hydrogen-bond acceptors (Lipinski definition) is 5. The van der Waals surface area contributed by atoms with Gasteiger partial charge in [-0.05, 0) is 48.6 Å². The number of nitrogens with zero attached hydrogens (tertiary/aromatic N) is 5. The van der Waals surface area contributed by atoms with Crippen molar-refractivity contribution in [2.24, 2.45) is 5.10 Å². The van der Waals surface area contributed by atoms with Crippen LogP contribution in [-0.2, 0) is 12.6 Å². The first kappa shape index (κ1) is 20.5. The fourth-order valence-electron chi connectivity index (χ4n) is 4.39. The Morgan fingerprint density at radius 2 is 1.56 bits per heavy atom. The van der Waals surface area contributed by atoms with Crippen LogP contribution in [-0.4, -0.2) is 43.8 Å². The molecule has 9 heteroatoms. The molecular formula is C23H22F3N5O. The van der Waals surface area contributed by atoms with Crippen LogP contribution in [0, 0.1) is 0 Å². The number of aromatic nitrogens is 3. The Kier molecular flexibility index (Phi) is 5.11. The molecule has 32 heavy (non-hydrogen) atoms. The maximum Gasteiger partial charge on any atom is 0.416 e. The molecule has 0 saturated carbocycles. The van der Waals surface area contributed by atoms with Crippen molar-refractivity contribution in [2.75, 3.05) is 13.1 Å².